The molecule has 33 heavy (non-hydrogen) atoms. The molecule has 0 radical (unpaired) electrons. The third-order valence-corrected chi connectivity index (χ3v) is 8.43. The van der Waals surface area contributed by atoms with E-state index in [4.69, 9.17) is 23.2 Å². The van der Waals surface area contributed by atoms with E-state index in [-0.39, 0.29) is 10.8 Å². The second-order valence-corrected chi connectivity index (χ2v) is 11.3. The average Bonchev–Trinajstić information content (AvgIpc) is 2.79. The molecule has 1 N–H and O–H groups in total. The van der Waals surface area contributed by atoms with Gasteiger partial charge in [-0.3, -0.25) is 9.78 Å². The van der Waals surface area contributed by atoms with Gasteiger partial charge in [-0.2, -0.15) is 4.31 Å². The lowest BCUT2D eigenvalue weighted by atomic mass is 10.2. The van der Waals surface area contributed by atoms with Gasteiger partial charge < -0.3 is 10.2 Å². The van der Waals surface area contributed by atoms with Crippen molar-refractivity contribution in [2.75, 3.05) is 36.4 Å². The summed E-state index contributed by atoms with van der Waals surface area (Å²) >= 11 is 14.2. The van der Waals surface area contributed by atoms with Gasteiger partial charge in [-0.05, 0) is 71.1 Å². The topological polar surface area (TPSA) is 82.6 Å². The van der Waals surface area contributed by atoms with E-state index >= 15 is 0 Å². The Morgan fingerprint density at radius 3 is 2.21 bits per heavy atom. The number of carbonyl (C=O) groups excluding carboxylic acids is 1. The molecule has 1 aromatic heterocycles. The van der Waals surface area contributed by atoms with Crippen molar-refractivity contribution in [1.82, 2.24) is 9.29 Å². The predicted octanol–water partition coefficient (Wildman–Crippen LogP) is 4.76. The van der Waals surface area contributed by atoms with Crippen LogP contribution in [-0.4, -0.2) is 49.8 Å². The maximum absolute atomic E-state index is 13.1. The Balaban J connectivity index is 1.41. The molecule has 0 saturated carbocycles. The number of halogens is 3. The van der Waals surface area contributed by atoms with Crippen LogP contribution in [-0.2, 0) is 10.0 Å². The van der Waals surface area contributed by atoms with Gasteiger partial charge in [0.05, 0.1) is 10.5 Å². The van der Waals surface area contributed by atoms with E-state index in [0.29, 0.717) is 47.5 Å². The second kappa shape index (κ2) is 10.1. The SMILES string of the molecule is O=C(Nc1ccc(S(=O)(=O)N2CCN(c3cc(Cl)cc(Cl)c3)CC2)cc1)c1ccncc1I. The number of amides is 1. The van der Waals surface area contributed by atoms with Crippen molar-refractivity contribution in [2.45, 2.75) is 4.90 Å². The highest BCUT2D eigenvalue weighted by Gasteiger charge is 2.28. The van der Waals surface area contributed by atoms with E-state index in [1.807, 2.05) is 34.7 Å². The van der Waals surface area contributed by atoms with E-state index in [1.165, 1.54) is 16.4 Å². The van der Waals surface area contributed by atoms with Crippen LogP contribution in [0.15, 0.2) is 65.8 Å². The Morgan fingerprint density at radius 1 is 0.970 bits per heavy atom. The molecule has 1 amide bonds. The van der Waals surface area contributed by atoms with E-state index in [2.05, 4.69) is 15.2 Å². The summed E-state index contributed by atoms with van der Waals surface area (Å²) in [6.07, 6.45) is 3.15. The normalized spacial score (nSPS) is 14.8. The lowest BCUT2D eigenvalue weighted by molar-refractivity contribution is 0.102. The summed E-state index contributed by atoms with van der Waals surface area (Å²) in [4.78, 5) is 18.7. The molecule has 0 aliphatic carbocycles. The molecule has 1 aliphatic rings. The minimum Gasteiger partial charge on any atom is -0.369 e. The summed E-state index contributed by atoms with van der Waals surface area (Å²) < 4.78 is 28.4. The van der Waals surface area contributed by atoms with Crippen LogP contribution in [0.1, 0.15) is 10.4 Å². The molecule has 2 heterocycles. The number of piperazine rings is 1. The zero-order valence-corrected chi connectivity index (χ0v) is 21.7. The molecule has 2 aromatic carbocycles. The summed E-state index contributed by atoms with van der Waals surface area (Å²) in [5, 5.41) is 3.86. The first kappa shape index (κ1) is 24.2. The van der Waals surface area contributed by atoms with E-state index in [1.54, 1.807) is 36.7 Å². The van der Waals surface area contributed by atoms with Crippen LogP contribution < -0.4 is 10.2 Å². The highest BCUT2D eigenvalue weighted by Crippen LogP contribution is 2.27. The molecule has 172 valence electrons. The maximum atomic E-state index is 13.1. The second-order valence-electron chi connectivity index (χ2n) is 7.35. The number of anilines is 2. The first-order chi connectivity index (χ1) is 15.7. The molecule has 0 unspecified atom stereocenters. The number of rotatable bonds is 5. The Hall–Kier alpha value is -1.92. The summed E-state index contributed by atoms with van der Waals surface area (Å²) in [6, 6.07) is 13.1. The standard InChI is InChI=1S/C22H19Cl2IN4O3S/c23-15-11-16(24)13-18(12-15)28-7-9-29(10-8-28)33(31,32)19-3-1-17(2-4-19)27-22(30)20-5-6-26-14-21(20)25/h1-6,11-14H,7-10H2,(H,27,30). The van der Waals surface area contributed by atoms with Crippen molar-refractivity contribution in [2.24, 2.45) is 0 Å². The fourth-order valence-electron chi connectivity index (χ4n) is 3.53. The minimum atomic E-state index is -3.66. The number of pyridine rings is 1. The highest BCUT2D eigenvalue weighted by molar-refractivity contribution is 14.1. The molecule has 0 atom stereocenters. The Morgan fingerprint density at radius 2 is 1.61 bits per heavy atom. The van der Waals surface area contributed by atoms with Crippen molar-refractivity contribution in [3.8, 4) is 0 Å². The molecule has 1 saturated heterocycles. The van der Waals surface area contributed by atoms with Crippen LogP contribution in [0.5, 0.6) is 0 Å². The number of nitrogens with one attached hydrogen (secondary N) is 1. The molecular weight excluding hydrogens is 598 g/mol. The molecule has 11 heteroatoms. The van der Waals surface area contributed by atoms with Crippen LogP contribution >= 0.6 is 45.8 Å². The fourth-order valence-corrected chi connectivity index (χ4v) is 6.05. The first-order valence-corrected chi connectivity index (χ1v) is 13.2. The van der Waals surface area contributed by atoms with Gasteiger partial charge in [0.1, 0.15) is 0 Å². The van der Waals surface area contributed by atoms with E-state index in [9.17, 15) is 13.2 Å². The molecular formula is C22H19Cl2IN4O3S. The number of carbonyl (C=O) groups is 1. The molecule has 0 spiro atoms. The number of nitrogens with zero attached hydrogens (tertiary/aromatic N) is 3. The number of aromatic nitrogens is 1. The third kappa shape index (κ3) is 5.60. The van der Waals surface area contributed by atoms with Gasteiger partial charge in [0.2, 0.25) is 10.0 Å². The molecule has 0 bridgehead atoms. The van der Waals surface area contributed by atoms with Crippen molar-refractivity contribution in [1.29, 1.82) is 0 Å². The van der Waals surface area contributed by atoms with Gasteiger partial charge in [-0.15, -0.1) is 0 Å². The van der Waals surface area contributed by atoms with Gasteiger partial charge in [-0.1, -0.05) is 23.2 Å². The summed E-state index contributed by atoms with van der Waals surface area (Å²) in [5.41, 5.74) is 1.88. The van der Waals surface area contributed by atoms with Crippen molar-refractivity contribution < 1.29 is 13.2 Å². The van der Waals surface area contributed by atoms with Gasteiger partial charge in [-0.25, -0.2) is 8.42 Å². The van der Waals surface area contributed by atoms with Crippen LogP contribution in [0.2, 0.25) is 10.0 Å². The molecule has 1 fully saturated rings. The Labute approximate surface area is 215 Å². The summed E-state index contributed by atoms with van der Waals surface area (Å²) in [5.74, 6) is -0.283. The number of sulfonamides is 1. The molecule has 4 rings (SSSR count). The zero-order chi connectivity index (χ0) is 23.6. The van der Waals surface area contributed by atoms with E-state index in [0.717, 1.165) is 9.26 Å². The van der Waals surface area contributed by atoms with Gasteiger partial charge in [0.25, 0.3) is 5.91 Å². The predicted molar refractivity (Wildman–Crippen MR) is 139 cm³/mol. The van der Waals surface area contributed by atoms with Crippen LogP contribution in [0.25, 0.3) is 0 Å². The minimum absolute atomic E-state index is 0.179. The van der Waals surface area contributed by atoms with Crippen molar-refractivity contribution in [3.05, 3.63) is 80.1 Å². The third-order valence-electron chi connectivity index (χ3n) is 5.22. The quantitative estimate of drug-likeness (QED) is 0.418. The van der Waals surface area contributed by atoms with Gasteiger partial charge in [0, 0.05) is 63.6 Å². The lowest BCUT2D eigenvalue weighted by Gasteiger charge is -2.35. The summed E-state index contributed by atoms with van der Waals surface area (Å²) in [7, 11) is -3.66. The summed E-state index contributed by atoms with van der Waals surface area (Å²) in [6.45, 7) is 1.72. The smallest absolute Gasteiger partial charge is 0.256 e. The van der Waals surface area contributed by atoms with Gasteiger partial charge >= 0.3 is 0 Å². The molecule has 7 nitrogen and oxygen atoms in total. The highest BCUT2D eigenvalue weighted by atomic mass is 127. The largest absolute Gasteiger partial charge is 0.369 e. The Bertz CT molecular complexity index is 1260. The van der Waals surface area contributed by atoms with Crippen molar-refractivity contribution >= 4 is 73.1 Å². The number of hydrogen-bond acceptors (Lipinski definition) is 5. The lowest BCUT2D eigenvalue weighted by Crippen LogP contribution is -2.48. The Kier molecular flexibility index (Phi) is 7.44. The van der Waals surface area contributed by atoms with Gasteiger partial charge in [0.15, 0.2) is 0 Å². The maximum Gasteiger partial charge on any atom is 0.256 e. The average molecular weight is 617 g/mol. The van der Waals surface area contributed by atoms with Crippen LogP contribution in [0.4, 0.5) is 11.4 Å². The molecule has 1 aliphatic heterocycles. The van der Waals surface area contributed by atoms with E-state index < -0.39 is 10.0 Å². The van der Waals surface area contributed by atoms with Crippen LogP contribution in [0.3, 0.4) is 0 Å². The zero-order valence-electron chi connectivity index (χ0n) is 17.2. The monoisotopic (exact) mass is 616 g/mol. The van der Waals surface area contributed by atoms with Crippen molar-refractivity contribution in [3.63, 3.8) is 0 Å². The number of hydrogen-bond donors (Lipinski definition) is 1. The fraction of sp³-hybridized carbons (Fsp3) is 0.182. The first-order valence-electron chi connectivity index (χ1n) is 9.96. The molecule has 3 aromatic rings. The number of benzene rings is 2. The van der Waals surface area contributed by atoms with Crippen LogP contribution in [0, 0.1) is 3.57 Å².